The summed E-state index contributed by atoms with van der Waals surface area (Å²) in [7, 11) is 1.81. The molecule has 4 N–H and O–H groups in total. The van der Waals surface area contributed by atoms with Gasteiger partial charge >= 0.3 is 5.97 Å². The van der Waals surface area contributed by atoms with Crippen LogP contribution in [0.3, 0.4) is 0 Å². The maximum atomic E-state index is 11.3. The summed E-state index contributed by atoms with van der Waals surface area (Å²) < 4.78 is 1.75. The minimum atomic E-state index is -1.27. The number of H-pyrrole nitrogens is 1. The predicted molar refractivity (Wildman–Crippen MR) is 123 cm³/mol. The van der Waals surface area contributed by atoms with Crippen LogP contribution in [0.25, 0.3) is 22.5 Å². The Morgan fingerprint density at radius 2 is 1.97 bits per heavy atom. The molecule has 2 aromatic rings. The van der Waals surface area contributed by atoms with E-state index in [2.05, 4.69) is 20.4 Å². The van der Waals surface area contributed by atoms with Crippen molar-refractivity contribution in [3.05, 3.63) is 71.2 Å². The molecule has 32 heavy (non-hydrogen) atoms. The van der Waals surface area contributed by atoms with Crippen molar-refractivity contribution in [1.29, 1.82) is 0 Å². The van der Waals surface area contributed by atoms with Crippen LogP contribution in [0, 0.1) is 0 Å². The van der Waals surface area contributed by atoms with E-state index in [0.29, 0.717) is 33.3 Å². The van der Waals surface area contributed by atoms with Crippen LogP contribution in [0.15, 0.2) is 65.8 Å². The molecular weight excluding hydrogens is 430 g/mol. The Labute approximate surface area is 189 Å². The Balaban J connectivity index is 1.71. The fourth-order valence-electron chi connectivity index (χ4n) is 3.46. The number of halogens is 1. The molecule has 4 rings (SSSR count). The summed E-state index contributed by atoms with van der Waals surface area (Å²) in [5.41, 5.74) is 3.98. The molecule has 0 fully saturated rings. The molecule has 0 saturated heterocycles. The fourth-order valence-corrected chi connectivity index (χ4v) is 3.75. The number of anilines is 2. The SMILES string of the molecule is CC(O)C(N=c1cnc2c(Nc3cccc(-c4ccccc4)c3Cl)[nH]n(C)c-2c1)C(=O)O. The first-order chi connectivity index (χ1) is 15.3. The number of benzene rings is 2. The van der Waals surface area contributed by atoms with E-state index in [1.165, 1.54) is 13.1 Å². The van der Waals surface area contributed by atoms with Gasteiger partial charge in [-0.25, -0.2) is 9.78 Å². The molecule has 0 amide bonds. The summed E-state index contributed by atoms with van der Waals surface area (Å²) in [6.45, 7) is 1.39. The van der Waals surface area contributed by atoms with Crippen LogP contribution in [0.5, 0.6) is 0 Å². The van der Waals surface area contributed by atoms with Gasteiger partial charge in [0.05, 0.1) is 34.1 Å². The number of aliphatic hydroxyl groups is 1. The molecule has 0 saturated carbocycles. The molecule has 2 heterocycles. The van der Waals surface area contributed by atoms with Gasteiger partial charge in [-0.3, -0.25) is 14.8 Å². The average Bonchev–Trinajstić information content (AvgIpc) is 3.08. The number of fused-ring (bicyclic) bond motifs is 1. The third kappa shape index (κ3) is 4.23. The molecule has 9 heteroatoms. The van der Waals surface area contributed by atoms with Crippen LogP contribution in [-0.4, -0.2) is 43.1 Å². The number of nitrogens with zero attached hydrogens (tertiary/aromatic N) is 3. The lowest BCUT2D eigenvalue weighted by Gasteiger charge is -2.12. The lowest BCUT2D eigenvalue weighted by atomic mass is 10.1. The number of carbonyl (C=O) groups is 1. The Bertz CT molecular complexity index is 1300. The van der Waals surface area contributed by atoms with E-state index in [-0.39, 0.29) is 0 Å². The fraction of sp³-hybridized carbons (Fsp3) is 0.174. The quantitative estimate of drug-likeness (QED) is 0.357. The predicted octanol–water partition coefficient (Wildman–Crippen LogP) is 3.65. The number of carboxylic acids is 1. The number of rotatable bonds is 6. The molecule has 0 radical (unpaired) electrons. The number of pyridine rings is 1. The molecule has 2 unspecified atom stereocenters. The van der Waals surface area contributed by atoms with Crippen molar-refractivity contribution in [3.63, 3.8) is 0 Å². The third-order valence-corrected chi connectivity index (χ3v) is 5.48. The normalized spacial score (nSPS) is 13.8. The first-order valence-electron chi connectivity index (χ1n) is 9.95. The Hall–Kier alpha value is -3.62. The molecule has 164 valence electrons. The van der Waals surface area contributed by atoms with E-state index in [4.69, 9.17) is 11.6 Å². The van der Waals surface area contributed by atoms with Crippen molar-refractivity contribution in [2.75, 3.05) is 5.32 Å². The van der Waals surface area contributed by atoms with Crippen LogP contribution in [-0.2, 0) is 11.8 Å². The van der Waals surface area contributed by atoms with Gasteiger partial charge in [-0.05, 0) is 24.6 Å². The number of aromatic nitrogens is 3. The van der Waals surface area contributed by atoms with E-state index >= 15 is 0 Å². The highest BCUT2D eigenvalue weighted by Crippen LogP contribution is 2.36. The van der Waals surface area contributed by atoms with Gasteiger partial charge in [-0.2, -0.15) is 0 Å². The number of hydrogen-bond acceptors (Lipinski definition) is 5. The van der Waals surface area contributed by atoms with Crippen LogP contribution < -0.4 is 10.7 Å². The molecule has 2 atom stereocenters. The minimum absolute atomic E-state index is 0.357. The average molecular weight is 452 g/mol. The van der Waals surface area contributed by atoms with Crippen molar-refractivity contribution in [2.45, 2.75) is 19.1 Å². The zero-order valence-corrected chi connectivity index (χ0v) is 18.2. The summed E-state index contributed by atoms with van der Waals surface area (Å²) in [6.07, 6.45) is 0.348. The second-order valence-corrected chi connectivity index (χ2v) is 7.80. The van der Waals surface area contributed by atoms with Crippen LogP contribution in [0.2, 0.25) is 5.02 Å². The lowest BCUT2D eigenvalue weighted by Crippen LogP contribution is -2.32. The summed E-state index contributed by atoms with van der Waals surface area (Å²) in [5.74, 6) is -0.569. The van der Waals surface area contributed by atoms with E-state index in [1.807, 2.05) is 55.6 Å². The van der Waals surface area contributed by atoms with Crippen LogP contribution in [0.4, 0.5) is 11.5 Å². The van der Waals surface area contributed by atoms with E-state index in [9.17, 15) is 15.0 Å². The van der Waals surface area contributed by atoms with Gasteiger partial charge in [0.1, 0.15) is 5.69 Å². The van der Waals surface area contributed by atoms with Gasteiger partial charge in [0.25, 0.3) is 0 Å². The highest BCUT2D eigenvalue weighted by Gasteiger charge is 2.22. The zero-order chi connectivity index (χ0) is 22.8. The number of aromatic amines is 1. The van der Waals surface area contributed by atoms with Gasteiger partial charge in [0.2, 0.25) is 0 Å². The van der Waals surface area contributed by atoms with Crippen molar-refractivity contribution >= 4 is 29.1 Å². The van der Waals surface area contributed by atoms with Crippen molar-refractivity contribution in [3.8, 4) is 22.5 Å². The molecule has 2 aliphatic heterocycles. The summed E-state index contributed by atoms with van der Waals surface area (Å²) in [4.78, 5) is 19.9. The molecule has 0 aliphatic carbocycles. The molecule has 2 aliphatic rings. The second-order valence-electron chi connectivity index (χ2n) is 7.42. The Morgan fingerprint density at radius 1 is 1.22 bits per heavy atom. The highest BCUT2D eigenvalue weighted by molar-refractivity contribution is 6.36. The lowest BCUT2D eigenvalue weighted by molar-refractivity contribution is -0.140. The first-order valence-corrected chi connectivity index (χ1v) is 10.3. The van der Waals surface area contributed by atoms with Crippen LogP contribution >= 0.6 is 11.6 Å². The number of nitrogens with one attached hydrogen (secondary N) is 2. The number of hydrogen-bond donors (Lipinski definition) is 4. The van der Waals surface area contributed by atoms with E-state index in [1.54, 1.807) is 10.7 Å². The van der Waals surface area contributed by atoms with Gasteiger partial charge in [0.15, 0.2) is 11.9 Å². The van der Waals surface area contributed by atoms with Crippen LogP contribution in [0.1, 0.15) is 6.92 Å². The van der Waals surface area contributed by atoms with E-state index < -0.39 is 18.1 Å². The maximum absolute atomic E-state index is 11.3. The highest BCUT2D eigenvalue weighted by atomic mass is 35.5. The molecule has 2 aromatic carbocycles. The minimum Gasteiger partial charge on any atom is -0.480 e. The van der Waals surface area contributed by atoms with Gasteiger partial charge < -0.3 is 15.5 Å². The largest absolute Gasteiger partial charge is 0.480 e. The van der Waals surface area contributed by atoms with Gasteiger partial charge in [-0.1, -0.05) is 54.1 Å². The maximum Gasteiger partial charge on any atom is 0.331 e. The Kier molecular flexibility index (Phi) is 5.98. The van der Waals surface area contributed by atoms with Gasteiger partial charge in [0, 0.05) is 12.6 Å². The monoisotopic (exact) mass is 451 g/mol. The molecular formula is C23H22ClN5O3. The standard InChI is InChI=1S/C23H22ClN5O3/c1-13(30)20(23(31)32)26-15-11-18-21(25-12-15)22(28-29(18)2)27-17-10-6-9-16(19(17)24)14-7-4-3-5-8-14/h3-13,20,27-28,30H,1-2H3,(H,31,32). The Morgan fingerprint density at radius 3 is 2.66 bits per heavy atom. The molecule has 8 nitrogen and oxygen atoms in total. The van der Waals surface area contributed by atoms with Crippen molar-refractivity contribution in [1.82, 2.24) is 14.8 Å². The second kappa shape index (κ2) is 8.86. The number of carboxylic acid groups (broad SMARTS) is 1. The third-order valence-electron chi connectivity index (χ3n) is 5.07. The molecule has 0 spiro atoms. The summed E-state index contributed by atoms with van der Waals surface area (Å²) in [5, 5.41) is 26.4. The number of aliphatic carboxylic acids is 1. The molecule has 0 bridgehead atoms. The van der Waals surface area contributed by atoms with Crippen molar-refractivity contribution < 1.29 is 15.0 Å². The summed E-state index contributed by atoms with van der Waals surface area (Å²) >= 11 is 6.70. The summed E-state index contributed by atoms with van der Waals surface area (Å²) in [6, 6.07) is 16.1. The number of aliphatic hydroxyl groups excluding tert-OH is 1. The zero-order valence-electron chi connectivity index (χ0n) is 17.5. The molecule has 0 aromatic heterocycles. The topological polar surface area (TPSA) is 116 Å². The van der Waals surface area contributed by atoms with Crippen molar-refractivity contribution in [2.24, 2.45) is 12.0 Å². The van der Waals surface area contributed by atoms with Gasteiger partial charge in [-0.15, -0.1) is 0 Å². The first kappa shape index (κ1) is 21.6. The smallest absolute Gasteiger partial charge is 0.331 e. The van der Waals surface area contributed by atoms with E-state index in [0.717, 1.165) is 11.1 Å². The number of aryl methyl sites for hydroxylation is 1.